The molecule has 7 nitrogen and oxygen atoms in total. The van der Waals surface area contributed by atoms with E-state index in [-0.39, 0.29) is 11.8 Å². The van der Waals surface area contributed by atoms with Gasteiger partial charge in [-0.25, -0.2) is 4.79 Å². The van der Waals surface area contributed by atoms with E-state index >= 15 is 0 Å². The molecule has 2 aromatic carbocycles. The van der Waals surface area contributed by atoms with Crippen LogP contribution in [0.2, 0.25) is 0 Å². The molecule has 0 aliphatic heterocycles. The highest BCUT2D eigenvalue weighted by atomic mass is 32.1. The summed E-state index contributed by atoms with van der Waals surface area (Å²) in [4.78, 5) is 38.8. The molecule has 0 aliphatic carbocycles. The Morgan fingerprint density at radius 2 is 1.48 bits per heavy atom. The van der Waals surface area contributed by atoms with Crippen LogP contribution in [0.4, 0.5) is 21.2 Å². The van der Waals surface area contributed by atoms with Crippen molar-refractivity contribution >= 4 is 45.6 Å². The smallest absolute Gasteiger partial charge is 0.324 e. The lowest BCUT2D eigenvalue weighted by Crippen LogP contribution is -2.23. The molecule has 3 rings (SSSR count). The Morgan fingerprint density at radius 3 is 2.21 bits per heavy atom. The lowest BCUT2D eigenvalue weighted by Gasteiger charge is -2.14. The number of benzene rings is 2. The Hall–Kier alpha value is -3.65. The van der Waals surface area contributed by atoms with E-state index in [9.17, 15) is 14.4 Å². The third-order valence-electron chi connectivity index (χ3n) is 3.91. The van der Waals surface area contributed by atoms with Crippen LogP contribution < -0.4 is 16.0 Å². The minimum Gasteiger partial charge on any atom is -0.345 e. The third-order valence-corrected chi connectivity index (χ3v) is 4.91. The van der Waals surface area contributed by atoms with Crippen molar-refractivity contribution in [3.8, 4) is 0 Å². The number of thiophene rings is 1. The molecule has 8 heteroatoms. The molecule has 0 saturated carbocycles. The molecule has 1 aromatic heterocycles. The molecule has 3 aromatic rings. The Bertz CT molecular complexity index is 1030. The number of carbonyl (C=O) groups is 3. The molecular weight excluding hydrogens is 388 g/mol. The Kier molecular flexibility index (Phi) is 6.25. The van der Waals surface area contributed by atoms with E-state index in [0.717, 1.165) is 11.3 Å². The summed E-state index contributed by atoms with van der Waals surface area (Å²) in [6, 6.07) is 18.8. The second-order valence-electron chi connectivity index (χ2n) is 6.31. The van der Waals surface area contributed by atoms with Gasteiger partial charge >= 0.3 is 6.03 Å². The fraction of sp³-hybridized carbons (Fsp3) is 0.0952. The number of urea groups is 1. The number of nitrogens with zero attached hydrogens (tertiary/aromatic N) is 1. The maximum atomic E-state index is 12.6. The summed E-state index contributed by atoms with van der Waals surface area (Å²) in [6.45, 7) is 0. The summed E-state index contributed by atoms with van der Waals surface area (Å²) in [7, 11) is 3.30. The Balaban J connectivity index is 1.66. The van der Waals surface area contributed by atoms with E-state index < -0.39 is 6.03 Å². The molecule has 0 fully saturated rings. The molecule has 0 bridgehead atoms. The van der Waals surface area contributed by atoms with Gasteiger partial charge in [0.2, 0.25) is 0 Å². The topological polar surface area (TPSA) is 90.5 Å². The van der Waals surface area contributed by atoms with Crippen molar-refractivity contribution in [3.05, 3.63) is 77.2 Å². The fourth-order valence-corrected chi connectivity index (χ4v) is 3.32. The van der Waals surface area contributed by atoms with Crippen molar-refractivity contribution in [2.45, 2.75) is 0 Å². The van der Waals surface area contributed by atoms with E-state index in [4.69, 9.17) is 0 Å². The van der Waals surface area contributed by atoms with Crippen molar-refractivity contribution in [2.24, 2.45) is 0 Å². The second kappa shape index (κ2) is 9.03. The van der Waals surface area contributed by atoms with Crippen molar-refractivity contribution in [1.82, 2.24) is 4.90 Å². The average molecular weight is 408 g/mol. The van der Waals surface area contributed by atoms with Crippen LogP contribution in [0.5, 0.6) is 0 Å². The molecule has 0 spiro atoms. The third kappa shape index (κ3) is 5.20. The maximum absolute atomic E-state index is 12.6. The van der Waals surface area contributed by atoms with Gasteiger partial charge in [0.25, 0.3) is 11.8 Å². The monoisotopic (exact) mass is 408 g/mol. The zero-order valence-electron chi connectivity index (χ0n) is 15.9. The zero-order valence-corrected chi connectivity index (χ0v) is 16.7. The van der Waals surface area contributed by atoms with E-state index in [2.05, 4.69) is 16.0 Å². The van der Waals surface area contributed by atoms with E-state index in [1.54, 1.807) is 62.6 Å². The predicted octanol–water partition coefficient (Wildman–Crippen LogP) is 4.35. The molecule has 3 N–H and O–H groups in total. The van der Waals surface area contributed by atoms with Crippen molar-refractivity contribution in [2.75, 3.05) is 30.0 Å². The van der Waals surface area contributed by atoms with E-state index in [0.29, 0.717) is 26.8 Å². The highest BCUT2D eigenvalue weighted by Gasteiger charge is 2.17. The molecule has 4 amide bonds. The number of hydrogen-bond acceptors (Lipinski definition) is 4. The number of amides is 4. The van der Waals surface area contributed by atoms with Crippen LogP contribution in [-0.4, -0.2) is 36.8 Å². The molecule has 148 valence electrons. The molecule has 0 saturated heterocycles. The predicted molar refractivity (Wildman–Crippen MR) is 116 cm³/mol. The minimum absolute atomic E-state index is 0.202. The quantitative estimate of drug-likeness (QED) is 0.586. The van der Waals surface area contributed by atoms with Gasteiger partial charge < -0.3 is 15.5 Å². The van der Waals surface area contributed by atoms with Gasteiger partial charge in [0.05, 0.1) is 21.1 Å². The van der Waals surface area contributed by atoms with Gasteiger partial charge in [0.15, 0.2) is 0 Å². The standard InChI is InChI=1S/C21H20N4O3S/c1-25(2)20(27)15-10-6-7-11-16(15)23-19(26)17-12-13-18(29-17)24-21(28)22-14-8-4-3-5-9-14/h3-13H,1-2H3,(H,23,26)(H2,22,24,28). The SMILES string of the molecule is CN(C)C(=O)c1ccccc1NC(=O)c1ccc(NC(=O)Nc2ccccc2)s1. The van der Waals surface area contributed by atoms with Gasteiger partial charge in [-0.15, -0.1) is 11.3 Å². The Labute approximate surface area is 172 Å². The molecule has 0 atom stereocenters. The maximum Gasteiger partial charge on any atom is 0.324 e. The van der Waals surface area contributed by atoms with Crippen LogP contribution in [0, 0.1) is 0 Å². The van der Waals surface area contributed by atoms with Gasteiger partial charge in [0, 0.05) is 19.8 Å². The number of rotatable bonds is 5. The van der Waals surface area contributed by atoms with E-state index in [1.165, 1.54) is 4.90 Å². The van der Waals surface area contributed by atoms with Crippen molar-refractivity contribution < 1.29 is 14.4 Å². The van der Waals surface area contributed by atoms with E-state index in [1.807, 2.05) is 18.2 Å². The van der Waals surface area contributed by atoms with Gasteiger partial charge in [-0.3, -0.25) is 14.9 Å². The number of para-hydroxylation sites is 2. The molecule has 0 aliphatic rings. The van der Waals surface area contributed by atoms with Crippen LogP contribution in [0.25, 0.3) is 0 Å². The van der Waals surface area contributed by atoms with Crippen molar-refractivity contribution in [3.63, 3.8) is 0 Å². The first-order chi connectivity index (χ1) is 13.9. The Morgan fingerprint density at radius 1 is 0.793 bits per heavy atom. The van der Waals surface area contributed by atoms with Crippen LogP contribution in [-0.2, 0) is 0 Å². The first-order valence-electron chi connectivity index (χ1n) is 8.79. The van der Waals surface area contributed by atoms with Gasteiger partial charge in [-0.2, -0.15) is 0 Å². The first-order valence-corrected chi connectivity index (χ1v) is 9.60. The molecule has 29 heavy (non-hydrogen) atoms. The van der Waals surface area contributed by atoms with Gasteiger partial charge in [0.1, 0.15) is 0 Å². The molecule has 0 unspecified atom stereocenters. The summed E-state index contributed by atoms with van der Waals surface area (Å²) in [5.41, 5.74) is 1.51. The summed E-state index contributed by atoms with van der Waals surface area (Å²) < 4.78 is 0. The zero-order chi connectivity index (χ0) is 20.8. The molecule has 0 radical (unpaired) electrons. The average Bonchev–Trinajstić information content (AvgIpc) is 3.17. The highest BCUT2D eigenvalue weighted by molar-refractivity contribution is 7.18. The lowest BCUT2D eigenvalue weighted by molar-refractivity contribution is 0.0828. The van der Waals surface area contributed by atoms with Crippen LogP contribution in [0.1, 0.15) is 20.0 Å². The van der Waals surface area contributed by atoms with Crippen LogP contribution in [0.3, 0.4) is 0 Å². The van der Waals surface area contributed by atoms with Crippen molar-refractivity contribution in [1.29, 1.82) is 0 Å². The number of nitrogens with one attached hydrogen (secondary N) is 3. The van der Waals surface area contributed by atoms with Gasteiger partial charge in [-0.05, 0) is 36.4 Å². The summed E-state index contributed by atoms with van der Waals surface area (Å²) in [6.07, 6.45) is 0. The highest BCUT2D eigenvalue weighted by Crippen LogP contribution is 2.24. The summed E-state index contributed by atoms with van der Waals surface area (Å²) >= 11 is 1.14. The second-order valence-corrected chi connectivity index (χ2v) is 7.39. The fourth-order valence-electron chi connectivity index (χ4n) is 2.53. The first kappa shape index (κ1) is 20.1. The number of anilines is 3. The molecule has 1 heterocycles. The number of hydrogen-bond donors (Lipinski definition) is 3. The minimum atomic E-state index is -0.396. The largest absolute Gasteiger partial charge is 0.345 e. The normalized spacial score (nSPS) is 10.1. The molecular formula is C21H20N4O3S. The number of carbonyl (C=O) groups excluding carboxylic acids is 3. The van der Waals surface area contributed by atoms with Crippen LogP contribution >= 0.6 is 11.3 Å². The van der Waals surface area contributed by atoms with Crippen LogP contribution in [0.15, 0.2) is 66.7 Å². The summed E-state index contributed by atoms with van der Waals surface area (Å²) in [5, 5.41) is 8.71. The summed E-state index contributed by atoms with van der Waals surface area (Å²) in [5.74, 6) is -0.558. The lowest BCUT2D eigenvalue weighted by atomic mass is 10.1. The van der Waals surface area contributed by atoms with Gasteiger partial charge in [-0.1, -0.05) is 30.3 Å².